The molecule has 148 valence electrons. The summed E-state index contributed by atoms with van der Waals surface area (Å²) in [6.07, 6.45) is -0.349. The lowest BCUT2D eigenvalue weighted by molar-refractivity contribution is -0.137. The van der Waals surface area contributed by atoms with Gasteiger partial charge < -0.3 is 4.90 Å². The number of alkyl halides is 3. The molecule has 0 radical (unpaired) electrons. The SMILES string of the molecule is CC1=CC(C)(C)N(C)c2cc(F)c(/C=N/Nc3ccc(C(F)(F)F)cn3)cc21. The van der Waals surface area contributed by atoms with Crippen LogP contribution in [0.4, 0.5) is 29.1 Å². The largest absolute Gasteiger partial charge is 0.417 e. The van der Waals surface area contributed by atoms with Crippen molar-refractivity contribution in [3.05, 3.63) is 59.0 Å². The topological polar surface area (TPSA) is 40.5 Å². The molecule has 0 unspecified atom stereocenters. The summed E-state index contributed by atoms with van der Waals surface area (Å²) in [6, 6.07) is 5.22. The first-order valence-electron chi connectivity index (χ1n) is 8.58. The number of nitrogens with zero attached hydrogens (tertiary/aromatic N) is 3. The summed E-state index contributed by atoms with van der Waals surface area (Å²) in [5, 5.41) is 3.89. The Hall–Kier alpha value is -2.90. The molecule has 0 amide bonds. The van der Waals surface area contributed by atoms with Crippen LogP contribution in [0.25, 0.3) is 5.57 Å². The van der Waals surface area contributed by atoms with Gasteiger partial charge in [0.05, 0.1) is 17.3 Å². The van der Waals surface area contributed by atoms with E-state index in [1.165, 1.54) is 12.3 Å². The van der Waals surface area contributed by atoms with Crippen LogP contribution in [0, 0.1) is 5.82 Å². The lowest BCUT2D eigenvalue weighted by atomic mass is 9.88. The number of hydrogen-bond donors (Lipinski definition) is 1. The molecule has 0 fully saturated rings. The average molecular weight is 392 g/mol. The van der Waals surface area contributed by atoms with Gasteiger partial charge in [-0.3, -0.25) is 5.43 Å². The predicted molar refractivity (Wildman–Crippen MR) is 103 cm³/mol. The van der Waals surface area contributed by atoms with E-state index in [9.17, 15) is 17.6 Å². The van der Waals surface area contributed by atoms with Crippen LogP contribution >= 0.6 is 0 Å². The standard InChI is InChI=1S/C20H20F4N4/c1-12-9-19(2,3)28(4)17-8-16(21)13(7-15(12)17)10-26-27-18-6-5-14(11-25-18)20(22,23)24/h5-11H,1-4H3,(H,25,27)/b26-10+. The number of benzene rings is 1. The van der Waals surface area contributed by atoms with Crippen molar-refractivity contribution in [3.8, 4) is 0 Å². The van der Waals surface area contributed by atoms with Gasteiger partial charge in [0, 0.05) is 30.1 Å². The number of hydrogen-bond acceptors (Lipinski definition) is 4. The van der Waals surface area contributed by atoms with E-state index in [1.54, 1.807) is 6.07 Å². The zero-order chi connectivity index (χ0) is 20.7. The molecule has 0 saturated carbocycles. The Bertz CT molecular complexity index is 944. The van der Waals surface area contributed by atoms with Gasteiger partial charge >= 0.3 is 6.18 Å². The van der Waals surface area contributed by atoms with Gasteiger partial charge in [-0.1, -0.05) is 6.08 Å². The third-order valence-corrected chi connectivity index (χ3v) is 4.81. The van der Waals surface area contributed by atoms with Crippen LogP contribution in [0.1, 0.15) is 37.5 Å². The highest BCUT2D eigenvalue weighted by atomic mass is 19.4. The number of pyridine rings is 1. The predicted octanol–water partition coefficient (Wildman–Crippen LogP) is 5.32. The van der Waals surface area contributed by atoms with Gasteiger partial charge in [-0.25, -0.2) is 9.37 Å². The van der Waals surface area contributed by atoms with Crippen LogP contribution in [-0.2, 0) is 6.18 Å². The molecule has 1 aromatic carbocycles. The van der Waals surface area contributed by atoms with Crippen molar-refractivity contribution in [2.75, 3.05) is 17.4 Å². The average Bonchev–Trinajstić information content (AvgIpc) is 2.60. The third kappa shape index (κ3) is 3.85. The van der Waals surface area contributed by atoms with E-state index in [4.69, 9.17) is 0 Å². The molecule has 8 heteroatoms. The van der Waals surface area contributed by atoms with Gasteiger partial charge in [-0.2, -0.15) is 18.3 Å². The first-order chi connectivity index (χ1) is 13.0. The molecule has 0 saturated heterocycles. The summed E-state index contributed by atoms with van der Waals surface area (Å²) in [5.41, 5.74) is 4.42. The Morgan fingerprint density at radius 2 is 1.93 bits per heavy atom. The Labute approximate surface area is 160 Å². The molecule has 2 heterocycles. The smallest absolute Gasteiger partial charge is 0.365 e. The zero-order valence-corrected chi connectivity index (χ0v) is 15.9. The third-order valence-electron chi connectivity index (χ3n) is 4.81. The lowest BCUT2D eigenvalue weighted by Gasteiger charge is -2.40. The molecule has 28 heavy (non-hydrogen) atoms. The molecule has 1 aliphatic rings. The number of likely N-dealkylation sites (N-methyl/N-ethyl adjacent to an activating group) is 1. The lowest BCUT2D eigenvalue weighted by Crippen LogP contribution is -2.42. The van der Waals surface area contributed by atoms with E-state index >= 15 is 0 Å². The molecule has 3 rings (SSSR count). The molecule has 1 aliphatic heterocycles. The number of hydrazone groups is 1. The maximum absolute atomic E-state index is 14.5. The van der Waals surface area contributed by atoms with Crippen molar-refractivity contribution < 1.29 is 17.6 Å². The summed E-state index contributed by atoms with van der Waals surface area (Å²) in [7, 11) is 1.91. The molecule has 1 N–H and O–H groups in total. The summed E-state index contributed by atoms with van der Waals surface area (Å²) < 4.78 is 52.2. The number of rotatable bonds is 3. The Morgan fingerprint density at radius 3 is 2.54 bits per heavy atom. The molecular weight excluding hydrogens is 372 g/mol. The molecule has 1 aromatic heterocycles. The zero-order valence-electron chi connectivity index (χ0n) is 15.9. The van der Waals surface area contributed by atoms with E-state index < -0.39 is 17.6 Å². The highest BCUT2D eigenvalue weighted by Gasteiger charge is 2.31. The number of allylic oxidation sites excluding steroid dienone is 1. The van der Waals surface area contributed by atoms with Gasteiger partial charge in [0.15, 0.2) is 0 Å². The molecular formula is C20H20F4N4. The first kappa shape index (κ1) is 19.9. The van der Waals surface area contributed by atoms with Crippen molar-refractivity contribution in [1.29, 1.82) is 0 Å². The van der Waals surface area contributed by atoms with Crippen LogP contribution in [0.15, 0.2) is 41.6 Å². The first-order valence-corrected chi connectivity index (χ1v) is 8.58. The maximum Gasteiger partial charge on any atom is 0.417 e. The number of aromatic nitrogens is 1. The van der Waals surface area contributed by atoms with Crippen LogP contribution in [0.5, 0.6) is 0 Å². The summed E-state index contributed by atoms with van der Waals surface area (Å²) >= 11 is 0. The monoisotopic (exact) mass is 392 g/mol. The van der Waals surface area contributed by atoms with E-state index in [2.05, 4.69) is 21.6 Å². The minimum atomic E-state index is -4.45. The molecule has 0 atom stereocenters. The van der Waals surface area contributed by atoms with Crippen molar-refractivity contribution in [2.24, 2.45) is 5.10 Å². The fraction of sp³-hybridized carbons (Fsp3) is 0.300. The van der Waals surface area contributed by atoms with Gasteiger partial charge in [-0.15, -0.1) is 0 Å². The van der Waals surface area contributed by atoms with Crippen LogP contribution in [0.3, 0.4) is 0 Å². The van der Waals surface area contributed by atoms with E-state index in [1.807, 2.05) is 32.7 Å². The number of nitrogens with one attached hydrogen (secondary N) is 1. The normalized spacial score (nSPS) is 16.1. The van der Waals surface area contributed by atoms with Crippen molar-refractivity contribution in [2.45, 2.75) is 32.5 Å². The fourth-order valence-electron chi connectivity index (χ4n) is 3.08. The fourth-order valence-corrected chi connectivity index (χ4v) is 3.08. The Balaban J connectivity index is 1.81. The molecule has 2 aromatic rings. The minimum Gasteiger partial charge on any atom is -0.365 e. The Morgan fingerprint density at radius 1 is 1.21 bits per heavy atom. The molecule has 0 bridgehead atoms. The van der Waals surface area contributed by atoms with Gasteiger partial charge in [0.2, 0.25) is 0 Å². The minimum absolute atomic E-state index is 0.125. The second-order valence-corrected chi connectivity index (χ2v) is 7.23. The van der Waals surface area contributed by atoms with E-state index in [0.29, 0.717) is 6.20 Å². The number of halogens is 4. The Kier molecular flexibility index (Phi) is 4.91. The van der Waals surface area contributed by atoms with E-state index in [0.717, 1.165) is 29.0 Å². The van der Waals surface area contributed by atoms with Crippen molar-refractivity contribution in [3.63, 3.8) is 0 Å². The van der Waals surface area contributed by atoms with Gasteiger partial charge in [-0.05, 0) is 50.6 Å². The van der Waals surface area contributed by atoms with Crippen molar-refractivity contribution >= 4 is 23.3 Å². The van der Waals surface area contributed by atoms with Crippen LogP contribution in [0.2, 0.25) is 0 Å². The second kappa shape index (κ2) is 6.92. The molecule has 0 spiro atoms. The number of fused-ring (bicyclic) bond motifs is 1. The van der Waals surface area contributed by atoms with E-state index in [-0.39, 0.29) is 16.9 Å². The summed E-state index contributed by atoms with van der Waals surface area (Å²) in [5.74, 6) is -0.317. The summed E-state index contributed by atoms with van der Waals surface area (Å²) in [4.78, 5) is 5.66. The van der Waals surface area contributed by atoms with Crippen molar-refractivity contribution in [1.82, 2.24) is 4.98 Å². The second-order valence-electron chi connectivity index (χ2n) is 7.23. The van der Waals surface area contributed by atoms with Crippen LogP contribution < -0.4 is 10.3 Å². The number of anilines is 2. The highest BCUT2D eigenvalue weighted by Crippen LogP contribution is 2.38. The van der Waals surface area contributed by atoms with Crippen LogP contribution in [-0.4, -0.2) is 23.8 Å². The maximum atomic E-state index is 14.5. The van der Waals surface area contributed by atoms with Gasteiger partial charge in [0.25, 0.3) is 0 Å². The van der Waals surface area contributed by atoms with Gasteiger partial charge in [0.1, 0.15) is 11.6 Å². The molecule has 0 aliphatic carbocycles. The highest BCUT2D eigenvalue weighted by molar-refractivity contribution is 5.88. The quantitative estimate of drug-likeness (QED) is 0.437. The molecule has 4 nitrogen and oxygen atoms in total. The summed E-state index contributed by atoms with van der Waals surface area (Å²) in [6.45, 7) is 6.07.